The van der Waals surface area contributed by atoms with Gasteiger partial charge in [-0.25, -0.2) is 9.59 Å². The predicted octanol–water partition coefficient (Wildman–Crippen LogP) is 4.13. The molecular weight excluding hydrogens is 522 g/mol. The summed E-state index contributed by atoms with van der Waals surface area (Å²) < 4.78 is 26.4. The summed E-state index contributed by atoms with van der Waals surface area (Å²) in [5.74, 6) is -0.126. The molecule has 0 fully saturated rings. The van der Waals surface area contributed by atoms with Crippen LogP contribution in [0.25, 0.3) is 0 Å². The third-order valence-electron chi connectivity index (χ3n) is 4.92. The minimum Gasteiger partial charge on any atom is -0.493 e. The fraction of sp³-hybridized carbons (Fsp3) is 0.375. The van der Waals surface area contributed by atoms with Gasteiger partial charge < -0.3 is 28.7 Å². The first-order valence-electron chi connectivity index (χ1n) is 11.2. The third kappa shape index (κ3) is 7.01. The van der Waals surface area contributed by atoms with Crippen molar-refractivity contribution in [2.45, 2.75) is 32.4 Å². The Balaban J connectivity index is 1.66. The van der Waals surface area contributed by atoms with Gasteiger partial charge in [0.15, 0.2) is 11.5 Å². The van der Waals surface area contributed by atoms with Gasteiger partial charge in [-0.15, -0.1) is 21.5 Å². The fourth-order valence-corrected chi connectivity index (χ4v) is 4.95. The second-order valence-electron chi connectivity index (χ2n) is 7.37. The van der Waals surface area contributed by atoms with E-state index in [2.05, 4.69) is 15.5 Å². The molecule has 0 spiro atoms. The summed E-state index contributed by atoms with van der Waals surface area (Å²) in [6.07, 6.45) is 0.369. The van der Waals surface area contributed by atoms with E-state index in [4.69, 9.17) is 23.4 Å². The maximum atomic E-state index is 12.7. The first kappa shape index (κ1) is 28.0. The summed E-state index contributed by atoms with van der Waals surface area (Å²) >= 11 is 2.00. The van der Waals surface area contributed by atoms with Crippen LogP contribution in [0.1, 0.15) is 50.9 Å². The number of methoxy groups -OCH3 is 2. The highest BCUT2D eigenvalue weighted by Gasteiger charge is 2.27. The van der Waals surface area contributed by atoms with Crippen LogP contribution in [0.2, 0.25) is 0 Å². The van der Waals surface area contributed by atoms with Crippen LogP contribution in [0.3, 0.4) is 0 Å². The van der Waals surface area contributed by atoms with E-state index in [9.17, 15) is 14.4 Å². The normalized spacial score (nSPS) is 10.6. The van der Waals surface area contributed by atoms with E-state index in [0.29, 0.717) is 29.4 Å². The number of benzene rings is 1. The zero-order valence-corrected chi connectivity index (χ0v) is 22.7. The Morgan fingerprint density at radius 2 is 1.73 bits per heavy atom. The van der Waals surface area contributed by atoms with Gasteiger partial charge in [-0.1, -0.05) is 17.8 Å². The number of amides is 1. The average Bonchev–Trinajstić information content (AvgIpc) is 3.46. The maximum absolute atomic E-state index is 12.7. The van der Waals surface area contributed by atoms with Crippen molar-refractivity contribution in [3.8, 4) is 11.5 Å². The largest absolute Gasteiger partial charge is 0.493 e. The highest BCUT2D eigenvalue weighted by atomic mass is 32.2. The summed E-state index contributed by atoms with van der Waals surface area (Å²) in [5, 5.41) is 11.1. The monoisotopic (exact) mass is 549 g/mol. The lowest BCUT2D eigenvalue weighted by atomic mass is 10.1. The molecule has 0 atom stereocenters. The van der Waals surface area contributed by atoms with E-state index in [-0.39, 0.29) is 39.6 Å². The van der Waals surface area contributed by atoms with Crippen molar-refractivity contribution in [3.63, 3.8) is 0 Å². The Labute approximate surface area is 221 Å². The smallest absolute Gasteiger partial charge is 0.348 e. The molecule has 13 heteroatoms. The topological polar surface area (TPSA) is 139 Å². The van der Waals surface area contributed by atoms with Crippen LogP contribution in [0.4, 0.5) is 5.00 Å². The second-order valence-corrected chi connectivity index (χ2v) is 9.31. The number of carbonyl (C=O) groups excluding carboxylic acids is 3. The Morgan fingerprint density at radius 1 is 1.03 bits per heavy atom. The van der Waals surface area contributed by atoms with E-state index in [0.717, 1.165) is 28.7 Å². The molecule has 2 heterocycles. The molecule has 37 heavy (non-hydrogen) atoms. The second kappa shape index (κ2) is 13.1. The van der Waals surface area contributed by atoms with Crippen LogP contribution >= 0.6 is 23.1 Å². The molecule has 0 aliphatic heterocycles. The standard InChI is InChI=1S/C24H27N3O8S2/c1-6-33-22(29)19-13(3)20(23(30)34-7-2)37-21(19)25-17(28)12-36-24-27-26-18(35-24)11-14-8-9-15(31-4)16(10-14)32-5/h8-10H,6-7,11-12H2,1-5H3,(H,25,28). The maximum Gasteiger partial charge on any atom is 0.348 e. The zero-order valence-electron chi connectivity index (χ0n) is 21.0. The molecule has 0 unspecified atom stereocenters. The molecule has 11 nitrogen and oxygen atoms in total. The number of esters is 2. The summed E-state index contributed by atoms with van der Waals surface area (Å²) in [5.41, 5.74) is 1.40. The molecule has 198 valence electrons. The number of nitrogens with one attached hydrogen (secondary N) is 1. The van der Waals surface area contributed by atoms with Gasteiger partial charge in [0.1, 0.15) is 9.88 Å². The van der Waals surface area contributed by atoms with Gasteiger partial charge in [-0.05, 0) is 44.0 Å². The van der Waals surface area contributed by atoms with E-state index in [1.807, 2.05) is 12.1 Å². The Bertz CT molecular complexity index is 1270. The first-order valence-corrected chi connectivity index (χ1v) is 13.0. The Morgan fingerprint density at radius 3 is 2.41 bits per heavy atom. The van der Waals surface area contributed by atoms with Crippen LogP contribution < -0.4 is 14.8 Å². The zero-order chi connectivity index (χ0) is 26.9. The van der Waals surface area contributed by atoms with Gasteiger partial charge in [-0.3, -0.25) is 4.79 Å². The number of aromatic nitrogens is 2. The molecular formula is C24H27N3O8S2. The average molecular weight is 550 g/mol. The lowest BCUT2D eigenvalue weighted by molar-refractivity contribution is -0.113. The van der Waals surface area contributed by atoms with Gasteiger partial charge in [-0.2, -0.15) is 0 Å². The van der Waals surface area contributed by atoms with Crippen LogP contribution in [0, 0.1) is 6.92 Å². The molecule has 0 aliphatic rings. The number of hydrogen-bond donors (Lipinski definition) is 1. The molecule has 3 rings (SSSR count). The van der Waals surface area contributed by atoms with Gasteiger partial charge in [0.05, 0.1) is 45.2 Å². The van der Waals surface area contributed by atoms with Crippen molar-refractivity contribution in [2.75, 3.05) is 38.5 Å². The van der Waals surface area contributed by atoms with E-state index in [1.165, 1.54) is 0 Å². The highest BCUT2D eigenvalue weighted by Crippen LogP contribution is 2.35. The molecule has 0 saturated carbocycles. The molecule has 1 N–H and O–H groups in total. The molecule has 2 aromatic heterocycles. The molecule has 0 saturated heterocycles. The third-order valence-corrected chi connectivity index (χ3v) is 6.92. The van der Waals surface area contributed by atoms with Crippen LogP contribution in [0.15, 0.2) is 27.8 Å². The van der Waals surface area contributed by atoms with Crippen molar-refractivity contribution >= 4 is 45.9 Å². The lowest BCUT2D eigenvalue weighted by Crippen LogP contribution is -2.16. The lowest BCUT2D eigenvalue weighted by Gasteiger charge is -2.08. The Hall–Kier alpha value is -3.58. The number of rotatable bonds is 12. The van der Waals surface area contributed by atoms with Crippen molar-refractivity contribution in [1.29, 1.82) is 0 Å². The molecule has 0 aliphatic carbocycles. The minimum absolute atomic E-state index is 0.0635. The van der Waals surface area contributed by atoms with Crippen molar-refractivity contribution < 1.29 is 37.7 Å². The summed E-state index contributed by atoms with van der Waals surface area (Å²) in [6, 6.07) is 5.47. The van der Waals surface area contributed by atoms with Crippen LogP contribution in [-0.4, -0.2) is 61.2 Å². The molecule has 0 bridgehead atoms. The number of hydrogen-bond acceptors (Lipinski definition) is 12. The minimum atomic E-state index is -0.633. The molecule has 1 amide bonds. The number of ether oxygens (including phenoxy) is 4. The van der Waals surface area contributed by atoms with E-state index >= 15 is 0 Å². The molecule has 1 aromatic carbocycles. The summed E-state index contributed by atoms with van der Waals surface area (Å²) in [6.45, 7) is 5.29. The summed E-state index contributed by atoms with van der Waals surface area (Å²) in [4.78, 5) is 37.7. The Kier molecular flexibility index (Phi) is 9.92. The van der Waals surface area contributed by atoms with Crippen molar-refractivity contribution in [3.05, 3.63) is 45.7 Å². The number of anilines is 1. The SMILES string of the molecule is CCOC(=O)c1sc(NC(=O)CSc2nnc(Cc3ccc(OC)c(OC)c3)o2)c(C(=O)OCC)c1C. The first-order chi connectivity index (χ1) is 17.8. The predicted molar refractivity (Wildman–Crippen MR) is 137 cm³/mol. The number of thiophene rings is 1. The fourth-order valence-electron chi connectivity index (χ4n) is 3.27. The quantitative estimate of drug-likeness (QED) is 0.258. The highest BCUT2D eigenvalue weighted by molar-refractivity contribution is 7.99. The van der Waals surface area contributed by atoms with Gasteiger partial charge in [0, 0.05) is 0 Å². The number of nitrogens with zero attached hydrogens (tertiary/aromatic N) is 2. The van der Waals surface area contributed by atoms with Gasteiger partial charge in [0.25, 0.3) is 5.22 Å². The van der Waals surface area contributed by atoms with Gasteiger partial charge >= 0.3 is 11.9 Å². The van der Waals surface area contributed by atoms with E-state index in [1.54, 1.807) is 41.1 Å². The van der Waals surface area contributed by atoms with E-state index < -0.39 is 17.8 Å². The van der Waals surface area contributed by atoms with Crippen molar-refractivity contribution in [2.24, 2.45) is 0 Å². The number of carbonyl (C=O) groups is 3. The van der Waals surface area contributed by atoms with Crippen molar-refractivity contribution in [1.82, 2.24) is 10.2 Å². The van der Waals surface area contributed by atoms with Crippen LogP contribution in [0.5, 0.6) is 11.5 Å². The summed E-state index contributed by atoms with van der Waals surface area (Å²) in [7, 11) is 3.12. The molecule has 0 radical (unpaired) electrons. The van der Waals surface area contributed by atoms with Gasteiger partial charge in [0.2, 0.25) is 11.8 Å². The number of thioether (sulfide) groups is 1. The van der Waals surface area contributed by atoms with Crippen LogP contribution in [-0.2, 0) is 20.7 Å². The molecule has 3 aromatic rings.